The summed E-state index contributed by atoms with van der Waals surface area (Å²) in [6.45, 7) is 0. The lowest BCUT2D eigenvalue weighted by Gasteiger charge is -2.10. The van der Waals surface area contributed by atoms with Gasteiger partial charge in [-0.15, -0.1) is 0 Å². The second-order valence-electron chi connectivity index (χ2n) is 5.90. The third-order valence-corrected chi connectivity index (χ3v) is 4.42. The fourth-order valence-corrected chi connectivity index (χ4v) is 3.10. The predicted octanol–water partition coefficient (Wildman–Crippen LogP) is 4.36. The SMILES string of the molecule is COc1ccc(-c2cc(-c3c[nH]c4ccccc34)c(C#N)c(N)n2)cc1. The zero-order valence-electron chi connectivity index (χ0n) is 14.2. The number of H-pyrrole nitrogens is 1. The highest BCUT2D eigenvalue weighted by Gasteiger charge is 2.16. The summed E-state index contributed by atoms with van der Waals surface area (Å²) in [7, 11) is 1.63. The van der Waals surface area contributed by atoms with Crippen molar-refractivity contribution >= 4 is 16.7 Å². The van der Waals surface area contributed by atoms with E-state index in [0.717, 1.165) is 33.3 Å². The van der Waals surface area contributed by atoms with E-state index >= 15 is 0 Å². The Morgan fingerprint density at radius 3 is 2.58 bits per heavy atom. The van der Waals surface area contributed by atoms with Crippen LogP contribution < -0.4 is 10.5 Å². The van der Waals surface area contributed by atoms with Crippen molar-refractivity contribution in [2.75, 3.05) is 12.8 Å². The molecule has 26 heavy (non-hydrogen) atoms. The summed E-state index contributed by atoms with van der Waals surface area (Å²) >= 11 is 0. The van der Waals surface area contributed by atoms with E-state index in [1.807, 2.05) is 60.8 Å². The fourth-order valence-electron chi connectivity index (χ4n) is 3.10. The van der Waals surface area contributed by atoms with Crippen molar-refractivity contribution in [1.29, 1.82) is 5.26 Å². The standard InChI is InChI=1S/C21H16N4O/c1-26-14-8-6-13(7-9-14)20-10-16(17(11-22)21(23)25-20)18-12-24-19-5-3-2-4-15(18)19/h2-10,12,24H,1H3,(H2,23,25). The number of aromatic amines is 1. The fraction of sp³-hybridized carbons (Fsp3) is 0.0476. The normalized spacial score (nSPS) is 10.6. The number of nitrogen functional groups attached to an aromatic ring is 1. The monoisotopic (exact) mass is 340 g/mol. The van der Waals surface area contributed by atoms with Gasteiger partial charge in [0.05, 0.1) is 12.8 Å². The molecular formula is C21H16N4O. The molecule has 0 bridgehead atoms. The number of benzene rings is 2. The summed E-state index contributed by atoms with van der Waals surface area (Å²) in [6, 6.07) is 19.7. The molecule has 0 radical (unpaired) electrons. The van der Waals surface area contributed by atoms with Gasteiger partial charge in [-0.05, 0) is 36.4 Å². The molecule has 0 unspecified atom stereocenters. The molecule has 4 aromatic rings. The van der Waals surface area contributed by atoms with Crippen molar-refractivity contribution < 1.29 is 4.74 Å². The average Bonchev–Trinajstić information content (AvgIpc) is 3.11. The smallest absolute Gasteiger partial charge is 0.142 e. The molecule has 0 spiro atoms. The highest BCUT2D eigenvalue weighted by atomic mass is 16.5. The quantitative estimate of drug-likeness (QED) is 0.580. The molecule has 0 atom stereocenters. The van der Waals surface area contributed by atoms with E-state index in [1.54, 1.807) is 7.11 Å². The molecule has 5 heteroatoms. The summed E-state index contributed by atoms with van der Waals surface area (Å²) in [5, 5.41) is 10.6. The number of ether oxygens (including phenoxy) is 1. The van der Waals surface area contributed by atoms with Crippen molar-refractivity contribution in [3.63, 3.8) is 0 Å². The zero-order chi connectivity index (χ0) is 18.1. The first-order chi connectivity index (χ1) is 12.7. The Balaban J connectivity index is 1.93. The number of rotatable bonds is 3. The second kappa shape index (κ2) is 6.26. The van der Waals surface area contributed by atoms with Crippen LogP contribution in [0, 0.1) is 11.3 Å². The minimum Gasteiger partial charge on any atom is -0.497 e. The average molecular weight is 340 g/mol. The Hall–Kier alpha value is -3.78. The molecule has 0 aliphatic carbocycles. The van der Waals surface area contributed by atoms with Gasteiger partial charge < -0.3 is 15.5 Å². The maximum Gasteiger partial charge on any atom is 0.142 e. The molecule has 2 aromatic carbocycles. The number of fused-ring (bicyclic) bond motifs is 1. The number of hydrogen-bond acceptors (Lipinski definition) is 4. The van der Waals surface area contributed by atoms with Crippen LogP contribution in [-0.2, 0) is 0 Å². The maximum atomic E-state index is 9.60. The number of pyridine rings is 1. The number of methoxy groups -OCH3 is 1. The summed E-state index contributed by atoms with van der Waals surface area (Å²) in [5.41, 5.74) is 10.8. The van der Waals surface area contributed by atoms with E-state index in [2.05, 4.69) is 16.0 Å². The lowest BCUT2D eigenvalue weighted by molar-refractivity contribution is 0.415. The van der Waals surface area contributed by atoms with E-state index in [1.165, 1.54) is 0 Å². The number of nitriles is 1. The van der Waals surface area contributed by atoms with Crippen LogP contribution in [0.3, 0.4) is 0 Å². The number of aromatic nitrogens is 2. The zero-order valence-corrected chi connectivity index (χ0v) is 14.2. The Labute approximate surface area is 150 Å². The molecule has 4 rings (SSSR count). The van der Waals surface area contributed by atoms with Gasteiger partial charge in [-0.3, -0.25) is 0 Å². The van der Waals surface area contributed by atoms with Crippen molar-refractivity contribution in [1.82, 2.24) is 9.97 Å². The summed E-state index contributed by atoms with van der Waals surface area (Å²) < 4.78 is 5.20. The first-order valence-electron chi connectivity index (χ1n) is 8.13. The highest BCUT2D eigenvalue weighted by molar-refractivity contribution is 5.98. The van der Waals surface area contributed by atoms with Gasteiger partial charge in [0, 0.05) is 33.8 Å². The molecule has 2 aromatic heterocycles. The Kier molecular flexibility index (Phi) is 3.79. The molecule has 0 saturated carbocycles. The summed E-state index contributed by atoms with van der Waals surface area (Å²) in [6.07, 6.45) is 1.90. The van der Waals surface area contributed by atoms with E-state index in [9.17, 15) is 5.26 Å². The van der Waals surface area contributed by atoms with Gasteiger partial charge in [-0.2, -0.15) is 5.26 Å². The van der Waals surface area contributed by atoms with Crippen molar-refractivity contribution in [2.45, 2.75) is 0 Å². The third-order valence-electron chi connectivity index (χ3n) is 4.42. The number of anilines is 1. The topological polar surface area (TPSA) is 87.7 Å². The van der Waals surface area contributed by atoms with Crippen LogP contribution in [0.5, 0.6) is 5.75 Å². The Morgan fingerprint density at radius 2 is 1.85 bits per heavy atom. The molecular weight excluding hydrogens is 324 g/mol. The minimum atomic E-state index is 0.223. The molecule has 0 aliphatic heterocycles. The van der Waals surface area contributed by atoms with Gasteiger partial charge in [0.1, 0.15) is 23.2 Å². The summed E-state index contributed by atoms with van der Waals surface area (Å²) in [5.74, 6) is 0.994. The van der Waals surface area contributed by atoms with E-state index in [4.69, 9.17) is 10.5 Å². The number of nitrogens with two attached hydrogens (primary N) is 1. The second-order valence-corrected chi connectivity index (χ2v) is 5.90. The lowest BCUT2D eigenvalue weighted by atomic mass is 9.98. The molecule has 2 heterocycles. The maximum absolute atomic E-state index is 9.60. The van der Waals surface area contributed by atoms with Crippen LogP contribution in [0.15, 0.2) is 60.8 Å². The first-order valence-corrected chi connectivity index (χ1v) is 8.13. The molecule has 5 nitrogen and oxygen atoms in total. The minimum absolute atomic E-state index is 0.223. The highest BCUT2D eigenvalue weighted by Crippen LogP contribution is 2.35. The van der Waals surface area contributed by atoms with Crippen LogP contribution in [0.25, 0.3) is 33.3 Å². The van der Waals surface area contributed by atoms with Crippen LogP contribution in [0.4, 0.5) is 5.82 Å². The van der Waals surface area contributed by atoms with Gasteiger partial charge in [-0.25, -0.2) is 4.98 Å². The van der Waals surface area contributed by atoms with E-state index < -0.39 is 0 Å². The van der Waals surface area contributed by atoms with Gasteiger partial charge in [-0.1, -0.05) is 18.2 Å². The van der Waals surface area contributed by atoms with E-state index in [0.29, 0.717) is 11.3 Å². The van der Waals surface area contributed by atoms with Crippen LogP contribution in [0.2, 0.25) is 0 Å². The van der Waals surface area contributed by atoms with Crippen molar-refractivity contribution in [3.05, 3.63) is 66.4 Å². The van der Waals surface area contributed by atoms with Gasteiger partial charge in [0.15, 0.2) is 0 Å². The molecule has 0 aliphatic rings. The molecule has 0 amide bonds. The van der Waals surface area contributed by atoms with Gasteiger partial charge in [0.25, 0.3) is 0 Å². The molecule has 0 fully saturated rings. The van der Waals surface area contributed by atoms with Crippen molar-refractivity contribution in [2.24, 2.45) is 0 Å². The summed E-state index contributed by atoms with van der Waals surface area (Å²) in [4.78, 5) is 7.67. The number of nitrogens with zero attached hydrogens (tertiary/aromatic N) is 2. The lowest BCUT2D eigenvalue weighted by Crippen LogP contribution is -1.99. The number of para-hydroxylation sites is 1. The largest absolute Gasteiger partial charge is 0.497 e. The van der Waals surface area contributed by atoms with Gasteiger partial charge >= 0.3 is 0 Å². The third kappa shape index (κ3) is 2.54. The Bertz CT molecular complexity index is 1140. The van der Waals surface area contributed by atoms with E-state index in [-0.39, 0.29) is 5.82 Å². The van der Waals surface area contributed by atoms with Gasteiger partial charge in [0.2, 0.25) is 0 Å². The van der Waals surface area contributed by atoms with Crippen LogP contribution in [-0.4, -0.2) is 17.1 Å². The number of nitrogens with one attached hydrogen (secondary N) is 1. The predicted molar refractivity (Wildman–Crippen MR) is 103 cm³/mol. The van der Waals surface area contributed by atoms with Crippen LogP contribution in [0.1, 0.15) is 5.56 Å². The van der Waals surface area contributed by atoms with Crippen molar-refractivity contribution in [3.8, 4) is 34.2 Å². The number of hydrogen-bond donors (Lipinski definition) is 2. The molecule has 0 saturated heterocycles. The first kappa shape index (κ1) is 15.7. The Morgan fingerprint density at radius 1 is 1.08 bits per heavy atom. The molecule has 3 N–H and O–H groups in total. The molecule has 126 valence electrons. The van der Waals surface area contributed by atoms with Crippen LogP contribution >= 0.6 is 0 Å².